The number of benzene rings is 1. The number of ether oxygens (including phenoxy) is 2. The number of esters is 1. The van der Waals surface area contributed by atoms with Gasteiger partial charge in [0.15, 0.2) is 0 Å². The quantitative estimate of drug-likeness (QED) is 0.582. The average molecular weight is 207 g/mol. The molecule has 5 heteroatoms. The van der Waals surface area contributed by atoms with E-state index in [1.54, 1.807) is 18.2 Å². The summed E-state index contributed by atoms with van der Waals surface area (Å²) in [5, 5.41) is 2.40. The van der Waals surface area contributed by atoms with Crippen LogP contribution in [-0.2, 0) is 9.53 Å². The van der Waals surface area contributed by atoms with Crippen LogP contribution in [0.15, 0.2) is 18.2 Å². The molecule has 1 aromatic carbocycles. The summed E-state index contributed by atoms with van der Waals surface area (Å²) in [7, 11) is 1.48. The Labute approximate surface area is 86.0 Å². The van der Waals surface area contributed by atoms with Crippen LogP contribution >= 0.6 is 0 Å². The van der Waals surface area contributed by atoms with E-state index in [1.165, 1.54) is 7.11 Å². The van der Waals surface area contributed by atoms with E-state index in [0.29, 0.717) is 23.3 Å². The van der Waals surface area contributed by atoms with E-state index in [4.69, 9.17) is 9.47 Å². The molecule has 1 heterocycles. The second-order valence-electron chi connectivity index (χ2n) is 2.99. The Hall–Kier alpha value is -2.04. The molecule has 0 aliphatic carbocycles. The molecule has 0 aromatic heterocycles. The van der Waals surface area contributed by atoms with Crippen LogP contribution < -0.4 is 10.1 Å². The minimum atomic E-state index is -0.708. The van der Waals surface area contributed by atoms with Crippen molar-refractivity contribution in [3.63, 3.8) is 0 Å². The third-order valence-corrected chi connectivity index (χ3v) is 2.21. The first-order valence-electron chi connectivity index (χ1n) is 4.35. The predicted molar refractivity (Wildman–Crippen MR) is 50.4 cm³/mol. The van der Waals surface area contributed by atoms with Gasteiger partial charge in [0, 0.05) is 5.56 Å². The van der Waals surface area contributed by atoms with Crippen molar-refractivity contribution in [1.29, 1.82) is 0 Å². The molecule has 5 nitrogen and oxygen atoms in total. The Kier molecular flexibility index (Phi) is 2.29. The fourth-order valence-corrected chi connectivity index (χ4v) is 1.57. The van der Waals surface area contributed by atoms with Gasteiger partial charge in [-0.25, -0.2) is 4.79 Å². The first-order valence-corrected chi connectivity index (χ1v) is 4.35. The molecule has 0 saturated carbocycles. The number of hydrogen-bond donors (Lipinski definition) is 1. The summed E-state index contributed by atoms with van der Waals surface area (Å²) in [6, 6.07) is 5.12. The van der Waals surface area contributed by atoms with Crippen molar-refractivity contribution < 1.29 is 19.1 Å². The molecule has 0 spiro atoms. The van der Waals surface area contributed by atoms with Crippen LogP contribution in [0.25, 0.3) is 0 Å². The zero-order chi connectivity index (χ0) is 10.8. The van der Waals surface area contributed by atoms with Crippen LogP contribution in [0.3, 0.4) is 0 Å². The van der Waals surface area contributed by atoms with Gasteiger partial charge in [0.05, 0.1) is 7.11 Å². The highest BCUT2D eigenvalue weighted by Gasteiger charge is 2.33. The van der Waals surface area contributed by atoms with Gasteiger partial charge in [0.2, 0.25) is 12.6 Å². The van der Waals surface area contributed by atoms with E-state index in [2.05, 4.69) is 5.32 Å². The van der Waals surface area contributed by atoms with Gasteiger partial charge in [-0.1, -0.05) is 12.1 Å². The summed E-state index contributed by atoms with van der Waals surface area (Å²) in [5.74, 6) is -0.0329. The maximum absolute atomic E-state index is 11.5. The summed E-state index contributed by atoms with van der Waals surface area (Å²) < 4.78 is 9.99. The van der Waals surface area contributed by atoms with Gasteiger partial charge in [-0.2, -0.15) is 0 Å². The van der Waals surface area contributed by atoms with Gasteiger partial charge < -0.3 is 14.8 Å². The number of methoxy groups -OCH3 is 1. The molecule has 0 bridgehead atoms. The Morgan fingerprint density at radius 2 is 2.33 bits per heavy atom. The Bertz CT molecular complexity index is 416. The van der Waals surface area contributed by atoms with Crippen molar-refractivity contribution in [3.05, 3.63) is 29.3 Å². The molecule has 1 aromatic rings. The van der Waals surface area contributed by atoms with Crippen LogP contribution in [0.5, 0.6) is 5.75 Å². The van der Waals surface area contributed by atoms with Crippen LogP contribution in [0.1, 0.15) is 22.1 Å². The Morgan fingerprint density at radius 1 is 1.53 bits per heavy atom. The molecule has 0 fully saturated rings. The molecule has 1 amide bonds. The van der Waals surface area contributed by atoms with Gasteiger partial charge in [-0.3, -0.25) is 4.79 Å². The number of nitrogens with one attached hydrogen (secondary N) is 1. The topological polar surface area (TPSA) is 64.6 Å². The summed E-state index contributed by atoms with van der Waals surface area (Å²) >= 11 is 0. The lowest BCUT2D eigenvalue weighted by atomic mass is 10.1. The second kappa shape index (κ2) is 3.61. The third kappa shape index (κ3) is 1.41. The number of carbonyl (C=O) groups is 2. The second-order valence-corrected chi connectivity index (χ2v) is 2.99. The van der Waals surface area contributed by atoms with Crippen molar-refractivity contribution in [2.75, 3.05) is 7.11 Å². The first kappa shape index (κ1) is 9.51. The summed E-state index contributed by atoms with van der Waals surface area (Å²) in [6.07, 6.45) is -0.216. The number of hydrogen-bond acceptors (Lipinski definition) is 4. The van der Waals surface area contributed by atoms with Gasteiger partial charge in [0.25, 0.3) is 0 Å². The standard InChI is InChI=1S/C10H9NO4/c1-14-7-4-2-3-6-8(7)10(13)15-9(6)11-5-12/h2-5,9H,1H3,(H,11,12). The van der Waals surface area contributed by atoms with Crippen molar-refractivity contribution in [1.82, 2.24) is 5.32 Å². The summed E-state index contributed by atoms with van der Waals surface area (Å²) in [5.41, 5.74) is 0.991. The van der Waals surface area contributed by atoms with Gasteiger partial charge in [-0.05, 0) is 6.07 Å². The summed E-state index contributed by atoms with van der Waals surface area (Å²) in [6.45, 7) is 0. The molecule has 1 unspecified atom stereocenters. The molecule has 1 aliphatic rings. The first-order chi connectivity index (χ1) is 7.27. The molecule has 0 radical (unpaired) electrons. The van der Waals surface area contributed by atoms with E-state index in [1.807, 2.05) is 0 Å². The van der Waals surface area contributed by atoms with Gasteiger partial charge in [-0.15, -0.1) is 0 Å². The van der Waals surface area contributed by atoms with Crippen molar-refractivity contribution in [3.8, 4) is 5.75 Å². The van der Waals surface area contributed by atoms with Crippen molar-refractivity contribution in [2.45, 2.75) is 6.23 Å². The molecular weight excluding hydrogens is 198 g/mol. The summed E-state index contributed by atoms with van der Waals surface area (Å²) in [4.78, 5) is 21.8. The minimum absolute atomic E-state index is 0.374. The third-order valence-electron chi connectivity index (χ3n) is 2.21. The maximum Gasteiger partial charge on any atom is 0.344 e. The van der Waals surface area contributed by atoms with E-state index in [-0.39, 0.29) is 0 Å². The van der Waals surface area contributed by atoms with Crippen molar-refractivity contribution >= 4 is 12.4 Å². The molecule has 0 saturated heterocycles. The monoisotopic (exact) mass is 207 g/mol. The highest BCUT2D eigenvalue weighted by molar-refractivity contribution is 5.97. The number of rotatable bonds is 3. The van der Waals surface area contributed by atoms with Crippen molar-refractivity contribution in [2.24, 2.45) is 0 Å². The molecular formula is C10H9NO4. The zero-order valence-electron chi connectivity index (χ0n) is 8.02. The lowest BCUT2D eigenvalue weighted by molar-refractivity contribution is -0.112. The lowest BCUT2D eigenvalue weighted by Gasteiger charge is -2.08. The molecule has 15 heavy (non-hydrogen) atoms. The van der Waals surface area contributed by atoms with Crippen LogP contribution in [-0.4, -0.2) is 19.5 Å². The number of carbonyl (C=O) groups excluding carboxylic acids is 2. The smallest absolute Gasteiger partial charge is 0.344 e. The van der Waals surface area contributed by atoms with Crippen LogP contribution in [0.2, 0.25) is 0 Å². The highest BCUT2D eigenvalue weighted by atomic mass is 16.6. The minimum Gasteiger partial charge on any atom is -0.496 e. The zero-order valence-corrected chi connectivity index (χ0v) is 8.02. The molecule has 1 atom stereocenters. The van der Waals surface area contributed by atoms with E-state index < -0.39 is 12.2 Å². The molecule has 2 rings (SSSR count). The molecule has 1 aliphatic heterocycles. The molecule has 1 N–H and O–H groups in total. The average Bonchev–Trinajstić information content (AvgIpc) is 2.57. The van der Waals surface area contributed by atoms with E-state index >= 15 is 0 Å². The lowest BCUT2D eigenvalue weighted by Crippen LogP contribution is -2.18. The van der Waals surface area contributed by atoms with Gasteiger partial charge in [0.1, 0.15) is 11.3 Å². The van der Waals surface area contributed by atoms with Gasteiger partial charge >= 0.3 is 5.97 Å². The predicted octanol–water partition coefficient (Wildman–Crippen LogP) is 0.610. The fraction of sp³-hybridized carbons (Fsp3) is 0.200. The van der Waals surface area contributed by atoms with E-state index in [0.717, 1.165) is 0 Å². The highest BCUT2D eigenvalue weighted by Crippen LogP contribution is 2.34. The van der Waals surface area contributed by atoms with Crippen LogP contribution in [0.4, 0.5) is 0 Å². The number of cyclic esters (lactones) is 1. The number of amides is 1. The Morgan fingerprint density at radius 3 is 3.00 bits per heavy atom. The fourth-order valence-electron chi connectivity index (χ4n) is 1.57. The van der Waals surface area contributed by atoms with Crippen LogP contribution in [0, 0.1) is 0 Å². The maximum atomic E-state index is 11.5. The Balaban J connectivity index is 2.48. The molecule has 78 valence electrons. The largest absolute Gasteiger partial charge is 0.496 e. The van der Waals surface area contributed by atoms with E-state index in [9.17, 15) is 9.59 Å². The normalized spacial score (nSPS) is 17.9. The number of fused-ring (bicyclic) bond motifs is 1. The SMILES string of the molecule is COc1cccc2c1C(=O)OC2NC=O.